The lowest BCUT2D eigenvalue weighted by molar-refractivity contribution is 0.377. The van der Waals surface area contributed by atoms with E-state index in [9.17, 15) is 8.78 Å². The molecule has 0 saturated carbocycles. The van der Waals surface area contributed by atoms with Crippen molar-refractivity contribution in [3.05, 3.63) is 29.7 Å². The molecule has 90 valence electrons. The van der Waals surface area contributed by atoms with Crippen LogP contribution in [0.3, 0.4) is 0 Å². The molecule has 2 N–H and O–H groups in total. The third kappa shape index (κ3) is 2.09. The number of hydrogen-bond donors (Lipinski definition) is 1. The third-order valence-corrected chi connectivity index (χ3v) is 2.11. The topological polar surface area (TPSA) is 74.2 Å². The zero-order valence-electron chi connectivity index (χ0n) is 8.91. The molecule has 0 aliphatic heterocycles. The van der Waals surface area contributed by atoms with Crippen LogP contribution in [-0.2, 0) is 6.54 Å². The molecular weight excluding hydrogens is 232 g/mol. The van der Waals surface area contributed by atoms with Crippen molar-refractivity contribution < 1.29 is 18.0 Å². The number of nitrogens with zero attached hydrogens (tertiary/aromatic N) is 2. The second-order valence-corrected chi connectivity index (χ2v) is 3.19. The Labute approximate surface area is 95.2 Å². The van der Waals surface area contributed by atoms with Crippen LogP contribution in [0.4, 0.5) is 8.78 Å². The van der Waals surface area contributed by atoms with Gasteiger partial charge in [-0.15, -0.1) is 0 Å². The Morgan fingerprint density at radius 3 is 2.76 bits per heavy atom. The van der Waals surface area contributed by atoms with Crippen LogP contribution < -0.4 is 10.5 Å². The van der Waals surface area contributed by atoms with E-state index in [0.717, 1.165) is 12.1 Å². The van der Waals surface area contributed by atoms with Gasteiger partial charge in [-0.1, -0.05) is 5.16 Å². The fourth-order valence-electron chi connectivity index (χ4n) is 1.32. The van der Waals surface area contributed by atoms with E-state index in [-0.39, 0.29) is 29.6 Å². The Bertz CT molecular complexity index is 542. The molecule has 0 radical (unpaired) electrons. The first-order chi connectivity index (χ1) is 8.15. The molecule has 2 aromatic rings. The Balaban J connectivity index is 2.54. The summed E-state index contributed by atoms with van der Waals surface area (Å²) in [5, 5.41) is 3.51. The number of benzene rings is 1. The average molecular weight is 241 g/mol. The summed E-state index contributed by atoms with van der Waals surface area (Å²) in [7, 11) is 1.24. The highest BCUT2D eigenvalue weighted by Gasteiger charge is 2.17. The lowest BCUT2D eigenvalue weighted by Gasteiger charge is -2.04. The highest BCUT2D eigenvalue weighted by Crippen LogP contribution is 2.28. The lowest BCUT2D eigenvalue weighted by atomic mass is 10.2. The summed E-state index contributed by atoms with van der Waals surface area (Å²) in [6, 6.07) is 1.89. The van der Waals surface area contributed by atoms with Gasteiger partial charge in [-0.3, -0.25) is 0 Å². The highest BCUT2D eigenvalue weighted by atomic mass is 19.1. The maximum absolute atomic E-state index is 13.8. The maximum atomic E-state index is 13.8. The van der Waals surface area contributed by atoms with Crippen LogP contribution in [0, 0.1) is 11.6 Å². The number of ether oxygens (including phenoxy) is 1. The Hall–Kier alpha value is -2.02. The zero-order chi connectivity index (χ0) is 12.4. The van der Waals surface area contributed by atoms with E-state index in [1.165, 1.54) is 7.11 Å². The monoisotopic (exact) mass is 241 g/mol. The first-order valence-corrected chi connectivity index (χ1v) is 4.71. The van der Waals surface area contributed by atoms with Gasteiger partial charge in [0.1, 0.15) is 5.82 Å². The molecule has 0 amide bonds. The molecule has 0 aliphatic carbocycles. The first kappa shape index (κ1) is 11.5. The van der Waals surface area contributed by atoms with E-state index in [1.807, 2.05) is 0 Å². The van der Waals surface area contributed by atoms with Gasteiger partial charge in [-0.25, -0.2) is 8.78 Å². The van der Waals surface area contributed by atoms with Crippen molar-refractivity contribution in [2.45, 2.75) is 6.54 Å². The minimum atomic E-state index is -0.752. The maximum Gasteiger partial charge on any atom is 0.240 e. The van der Waals surface area contributed by atoms with Crippen LogP contribution in [0.5, 0.6) is 5.75 Å². The SMILES string of the molecule is COc1cc(F)cc(-c2noc(CN)n2)c1F. The number of nitrogens with two attached hydrogens (primary N) is 1. The fraction of sp³-hybridized carbons (Fsp3) is 0.200. The quantitative estimate of drug-likeness (QED) is 0.881. The van der Waals surface area contributed by atoms with Crippen LogP contribution in [0.1, 0.15) is 5.89 Å². The van der Waals surface area contributed by atoms with Gasteiger partial charge in [0.05, 0.1) is 19.2 Å². The molecule has 17 heavy (non-hydrogen) atoms. The van der Waals surface area contributed by atoms with Crippen LogP contribution in [-0.4, -0.2) is 17.3 Å². The number of hydrogen-bond acceptors (Lipinski definition) is 5. The van der Waals surface area contributed by atoms with E-state index in [2.05, 4.69) is 10.1 Å². The van der Waals surface area contributed by atoms with E-state index in [0.29, 0.717) is 0 Å². The standard InChI is InChI=1S/C10H9F2N3O2/c1-16-7-3-5(11)2-6(9(7)12)10-14-8(4-13)17-15-10/h2-3H,4,13H2,1H3. The number of aromatic nitrogens is 2. The molecule has 1 heterocycles. The van der Waals surface area contributed by atoms with Crippen LogP contribution in [0.25, 0.3) is 11.4 Å². The third-order valence-electron chi connectivity index (χ3n) is 2.11. The molecule has 0 spiro atoms. The van der Waals surface area contributed by atoms with Crippen molar-refractivity contribution in [3.8, 4) is 17.1 Å². The molecule has 7 heteroatoms. The number of halogens is 2. The average Bonchev–Trinajstić information content (AvgIpc) is 2.80. The molecule has 0 atom stereocenters. The summed E-state index contributed by atoms with van der Waals surface area (Å²) in [5.41, 5.74) is 5.14. The van der Waals surface area contributed by atoms with Gasteiger partial charge in [0, 0.05) is 6.07 Å². The largest absolute Gasteiger partial charge is 0.494 e. The van der Waals surface area contributed by atoms with Crippen molar-refractivity contribution >= 4 is 0 Å². The smallest absolute Gasteiger partial charge is 0.240 e. The first-order valence-electron chi connectivity index (χ1n) is 4.71. The van der Waals surface area contributed by atoms with Crippen molar-refractivity contribution in [2.24, 2.45) is 5.73 Å². The second kappa shape index (κ2) is 4.46. The molecule has 1 aromatic heterocycles. The second-order valence-electron chi connectivity index (χ2n) is 3.19. The lowest BCUT2D eigenvalue weighted by Crippen LogP contribution is -1.97. The summed E-state index contributed by atoms with van der Waals surface area (Å²) < 4.78 is 36.4. The number of rotatable bonds is 3. The van der Waals surface area contributed by atoms with Gasteiger partial charge >= 0.3 is 0 Å². The van der Waals surface area contributed by atoms with E-state index in [4.69, 9.17) is 15.0 Å². The molecule has 2 rings (SSSR count). The van der Waals surface area contributed by atoms with Gasteiger partial charge in [0.15, 0.2) is 11.6 Å². The van der Waals surface area contributed by atoms with Crippen molar-refractivity contribution in [3.63, 3.8) is 0 Å². The molecule has 0 unspecified atom stereocenters. The van der Waals surface area contributed by atoms with Gasteiger partial charge < -0.3 is 15.0 Å². The van der Waals surface area contributed by atoms with Crippen molar-refractivity contribution in [2.75, 3.05) is 7.11 Å². The summed E-state index contributed by atoms with van der Waals surface area (Å²) >= 11 is 0. The van der Waals surface area contributed by atoms with Crippen molar-refractivity contribution in [1.29, 1.82) is 0 Å². The molecule has 1 aromatic carbocycles. The zero-order valence-corrected chi connectivity index (χ0v) is 8.91. The van der Waals surface area contributed by atoms with Crippen LogP contribution in [0.2, 0.25) is 0 Å². The number of methoxy groups -OCH3 is 1. The normalized spacial score (nSPS) is 10.6. The minimum absolute atomic E-state index is 0.0288. The summed E-state index contributed by atoms with van der Waals surface area (Å²) in [5.74, 6) is -1.56. The molecular formula is C10H9F2N3O2. The predicted octanol–water partition coefficient (Wildman–Crippen LogP) is 1.48. The summed E-state index contributed by atoms with van der Waals surface area (Å²) in [4.78, 5) is 3.81. The van der Waals surface area contributed by atoms with E-state index < -0.39 is 11.6 Å². The summed E-state index contributed by atoms with van der Waals surface area (Å²) in [6.07, 6.45) is 0. The highest BCUT2D eigenvalue weighted by molar-refractivity contribution is 5.58. The summed E-state index contributed by atoms with van der Waals surface area (Å²) in [6.45, 7) is 0.0288. The fourth-order valence-corrected chi connectivity index (χ4v) is 1.32. The molecule has 0 aliphatic rings. The Morgan fingerprint density at radius 2 is 2.18 bits per heavy atom. The molecule has 5 nitrogen and oxygen atoms in total. The minimum Gasteiger partial charge on any atom is -0.494 e. The van der Waals surface area contributed by atoms with E-state index in [1.54, 1.807) is 0 Å². The van der Waals surface area contributed by atoms with E-state index >= 15 is 0 Å². The predicted molar refractivity (Wildman–Crippen MR) is 54.1 cm³/mol. The van der Waals surface area contributed by atoms with Gasteiger partial charge in [0.2, 0.25) is 11.7 Å². The van der Waals surface area contributed by atoms with Crippen LogP contribution in [0.15, 0.2) is 16.7 Å². The van der Waals surface area contributed by atoms with Crippen molar-refractivity contribution in [1.82, 2.24) is 10.1 Å². The molecule has 0 bridgehead atoms. The molecule has 0 saturated heterocycles. The van der Waals surface area contributed by atoms with Crippen LogP contribution >= 0.6 is 0 Å². The van der Waals surface area contributed by atoms with Gasteiger partial charge in [0.25, 0.3) is 0 Å². The van der Waals surface area contributed by atoms with Gasteiger partial charge in [-0.05, 0) is 6.07 Å². The Kier molecular flexibility index (Phi) is 3.01. The molecule has 0 fully saturated rings. The van der Waals surface area contributed by atoms with Gasteiger partial charge in [-0.2, -0.15) is 4.98 Å². The Morgan fingerprint density at radius 1 is 1.41 bits per heavy atom.